The molecule has 1 atom stereocenters. The Labute approximate surface area is 156 Å². The molecule has 0 saturated carbocycles. The van der Waals surface area contributed by atoms with E-state index in [2.05, 4.69) is 4.98 Å². The summed E-state index contributed by atoms with van der Waals surface area (Å²) in [5, 5.41) is 8.63. The van der Waals surface area contributed by atoms with Crippen molar-refractivity contribution in [2.24, 2.45) is 5.73 Å². The Morgan fingerprint density at radius 1 is 1.38 bits per heavy atom. The molecule has 140 valence electrons. The molecule has 3 rings (SSSR count). The SMILES string of the molecule is NCc1c(Cl)cc(Cl)cc1C(F)(F)F.O=C(O)C1COc2ncccc21. The summed E-state index contributed by atoms with van der Waals surface area (Å²) in [5.74, 6) is -0.958. The van der Waals surface area contributed by atoms with E-state index >= 15 is 0 Å². The summed E-state index contributed by atoms with van der Waals surface area (Å²) >= 11 is 11.0. The van der Waals surface area contributed by atoms with Gasteiger partial charge in [-0.15, -0.1) is 0 Å². The fourth-order valence-corrected chi connectivity index (χ4v) is 2.88. The number of nitrogens with two attached hydrogens (primary N) is 1. The predicted octanol–water partition coefficient (Wildman–Crippen LogP) is 4.11. The maximum absolute atomic E-state index is 12.4. The number of fused-ring (bicyclic) bond motifs is 1. The molecule has 0 radical (unpaired) electrons. The lowest BCUT2D eigenvalue weighted by atomic mass is 10.0. The average Bonchev–Trinajstić information content (AvgIpc) is 2.98. The number of alkyl halides is 3. The van der Waals surface area contributed by atoms with E-state index in [1.165, 1.54) is 6.07 Å². The number of hydrogen-bond acceptors (Lipinski definition) is 4. The molecular formula is C16H13Cl2F3N2O3. The lowest BCUT2D eigenvalue weighted by Crippen LogP contribution is -2.12. The third-order valence-corrected chi connectivity index (χ3v) is 4.09. The van der Waals surface area contributed by atoms with Gasteiger partial charge in [-0.05, 0) is 23.8 Å². The van der Waals surface area contributed by atoms with Gasteiger partial charge < -0.3 is 15.6 Å². The van der Waals surface area contributed by atoms with Crippen LogP contribution in [0, 0.1) is 0 Å². The van der Waals surface area contributed by atoms with Crippen LogP contribution in [-0.4, -0.2) is 22.7 Å². The van der Waals surface area contributed by atoms with Crippen LogP contribution in [0.15, 0.2) is 30.5 Å². The van der Waals surface area contributed by atoms with Crippen LogP contribution in [0.5, 0.6) is 5.88 Å². The van der Waals surface area contributed by atoms with E-state index in [0.29, 0.717) is 11.4 Å². The van der Waals surface area contributed by atoms with Crippen LogP contribution in [0.25, 0.3) is 0 Å². The van der Waals surface area contributed by atoms with Gasteiger partial charge in [-0.2, -0.15) is 13.2 Å². The van der Waals surface area contributed by atoms with Crippen LogP contribution in [-0.2, 0) is 17.5 Å². The monoisotopic (exact) mass is 408 g/mol. The van der Waals surface area contributed by atoms with Gasteiger partial charge in [0.1, 0.15) is 12.5 Å². The number of nitrogens with zero attached hydrogens (tertiary/aromatic N) is 1. The molecule has 0 spiro atoms. The van der Waals surface area contributed by atoms with Crippen molar-refractivity contribution >= 4 is 29.2 Å². The highest BCUT2D eigenvalue weighted by molar-refractivity contribution is 6.35. The van der Waals surface area contributed by atoms with Crippen molar-refractivity contribution in [3.05, 3.63) is 57.2 Å². The van der Waals surface area contributed by atoms with Gasteiger partial charge in [0.25, 0.3) is 0 Å². The first kappa shape index (κ1) is 20.3. The zero-order chi connectivity index (χ0) is 19.5. The second kappa shape index (κ2) is 8.11. The number of aliphatic carboxylic acids is 1. The summed E-state index contributed by atoms with van der Waals surface area (Å²) in [4.78, 5) is 14.6. The maximum atomic E-state index is 12.4. The zero-order valence-corrected chi connectivity index (χ0v) is 14.6. The summed E-state index contributed by atoms with van der Waals surface area (Å²) < 4.78 is 42.3. The number of pyridine rings is 1. The molecule has 1 aliphatic rings. The summed E-state index contributed by atoms with van der Waals surface area (Å²) in [6, 6.07) is 5.49. The molecule has 2 heterocycles. The number of hydrogen-bond donors (Lipinski definition) is 2. The second-order valence-electron chi connectivity index (χ2n) is 5.22. The molecule has 10 heteroatoms. The maximum Gasteiger partial charge on any atom is 0.416 e. The normalized spacial score (nSPS) is 15.5. The molecule has 0 fully saturated rings. The third-order valence-electron chi connectivity index (χ3n) is 3.53. The summed E-state index contributed by atoms with van der Waals surface area (Å²) in [5.41, 5.74) is 4.83. The first-order valence-electron chi connectivity index (χ1n) is 7.20. The number of carbonyl (C=O) groups is 1. The molecule has 2 aromatic rings. The molecule has 3 N–H and O–H groups in total. The minimum atomic E-state index is -4.48. The van der Waals surface area contributed by atoms with Gasteiger partial charge in [-0.25, -0.2) is 4.98 Å². The van der Waals surface area contributed by atoms with Crippen molar-refractivity contribution in [1.82, 2.24) is 4.98 Å². The molecule has 5 nitrogen and oxygen atoms in total. The van der Waals surface area contributed by atoms with Crippen molar-refractivity contribution in [2.45, 2.75) is 18.6 Å². The minimum Gasteiger partial charge on any atom is -0.481 e. The highest BCUT2D eigenvalue weighted by atomic mass is 35.5. The summed E-state index contributed by atoms with van der Waals surface area (Å²) in [6.07, 6.45) is -2.90. The van der Waals surface area contributed by atoms with Gasteiger partial charge in [0.15, 0.2) is 0 Å². The van der Waals surface area contributed by atoms with Crippen LogP contribution in [0.3, 0.4) is 0 Å². The van der Waals surface area contributed by atoms with E-state index in [0.717, 1.165) is 6.07 Å². The Bertz CT molecular complexity index is 816. The van der Waals surface area contributed by atoms with E-state index in [1.54, 1.807) is 18.3 Å². The van der Waals surface area contributed by atoms with Gasteiger partial charge in [0, 0.05) is 28.4 Å². The van der Waals surface area contributed by atoms with Crippen molar-refractivity contribution < 1.29 is 27.8 Å². The molecule has 1 aliphatic heterocycles. The average molecular weight is 409 g/mol. The largest absolute Gasteiger partial charge is 0.481 e. The molecule has 1 aromatic carbocycles. The van der Waals surface area contributed by atoms with Crippen LogP contribution >= 0.6 is 23.2 Å². The fourth-order valence-electron chi connectivity index (χ4n) is 2.31. The lowest BCUT2D eigenvalue weighted by molar-refractivity contribution is -0.139. The first-order valence-corrected chi connectivity index (χ1v) is 7.96. The molecule has 1 unspecified atom stereocenters. The number of carboxylic acid groups (broad SMARTS) is 1. The van der Waals surface area contributed by atoms with E-state index in [1.807, 2.05) is 0 Å². The minimum absolute atomic E-state index is 0.0560. The van der Waals surface area contributed by atoms with E-state index in [4.69, 9.17) is 38.8 Å². The van der Waals surface area contributed by atoms with Crippen molar-refractivity contribution in [3.63, 3.8) is 0 Å². The fraction of sp³-hybridized carbons (Fsp3) is 0.250. The second-order valence-corrected chi connectivity index (χ2v) is 6.06. The number of halogens is 5. The summed E-state index contributed by atoms with van der Waals surface area (Å²) in [6.45, 7) is -0.0769. The smallest absolute Gasteiger partial charge is 0.416 e. The molecule has 0 saturated heterocycles. The number of rotatable bonds is 2. The molecule has 0 amide bonds. The van der Waals surface area contributed by atoms with Crippen molar-refractivity contribution in [3.8, 4) is 5.88 Å². The van der Waals surface area contributed by atoms with Crippen LogP contribution in [0.2, 0.25) is 10.0 Å². The van der Waals surface area contributed by atoms with E-state index in [-0.39, 0.29) is 28.8 Å². The molecule has 0 bridgehead atoms. The van der Waals surface area contributed by atoms with Crippen molar-refractivity contribution in [2.75, 3.05) is 6.61 Å². The molecule has 26 heavy (non-hydrogen) atoms. The topological polar surface area (TPSA) is 85.4 Å². The number of ether oxygens (including phenoxy) is 1. The lowest BCUT2D eigenvalue weighted by Gasteiger charge is -2.13. The molecule has 0 aliphatic carbocycles. The highest BCUT2D eigenvalue weighted by Crippen LogP contribution is 2.37. The Kier molecular flexibility index (Phi) is 6.33. The Hall–Kier alpha value is -2.03. The Morgan fingerprint density at radius 2 is 2.08 bits per heavy atom. The van der Waals surface area contributed by atoms with E-state index < -0.39 is 23.6 Å². The van der Waals surface area contributed by atoms with Gasteiger partial charge in [-0.3, -0.25) is 4.79 Å². The van der Waals surface area contributed by atoms with Crippen LogP contribution in [0.1, 0.15) is 22.6 Å². The number of aromatic nitrogens is 1. The highest BCUT2D eigenvalue weighted by Gasteiger charge is 2.34. The Morgan fingerprint density at radius 3 is 2.65 bits per heavy atom. The first-order chi connectivity index (χ1) is 12.1. The van der Waals surface area contributed by atoms with Crippen molar-refractivity contribution in [1.29, 1.82) is 0 Å². The zero-order valence-electron chi connectivity index (χ0n) is 13.1. The summed E-state index contributed by atoms with van der Waals surface area (Å²) in [7, 11) is 0. The van der Waals surface area contributed by atoms with Gasteiger partial charge in [0.05, 0.1) is 5.56 Å². The quantitative estimate of drug-likeness (QED) is 0.780. The molecular weight excluding hydrogens is 396 g/mol. The van der Waals surface area contributed by atoms with Gasteiger partial charge >= 0.3 is 12.1 Å². The standard InChI is InChI=1S/C8H6Cl2F3N.C8H7NO3/c9-4-1-6(8(11,12)13)5(3-14)7(10)2-4;10-8(11)6-4-12-7-5(6)2-1-3-9-7/h1-2H,3,14H2;1-3,6H,4H2,(H,10,11). The number of benzene rings is 1. The Balaban J connectivity index is 0.000000189. The number of carboxylic acids is 1. The molecule has 1 aromatic heterocycles. The van der Waals surface area contributed by atoms with E-state index in [9.17, 15) is 18.0 Å². The van der Waals surface area contributed by atoms with Gasteiger partial charge in [0.2, 0.25) is 5.88 Å². The third kappa shape index (κ3) is 4.57. The van der Waals surface area contributed by atoms with Crippen LogP contribution in [0.4, 0.5) is 13.2 Å². The predicted molar refractivity (Wildman–Crippen MR) is 89.5 cm³/mol. The van der Waals surface area contributed by atoms with Crippen LogP contribution < -0.4 is 10.5 Å². The van der Waals surface area contributed by atoms with Gasteiger partial charge in [-0.1, -0.05) is 29.3 Å².